The van der Waals surface area contributed by atoms with Gasteiger partial charge in [-0.2, -0.15) is 5.10 Å². The molecule has 0 spiro atoms. The first-order chi connectivity index (χ1) is 8.08. The second-order valence-corrected chi connectivity index (χ2v) is 3.81. The van der Waals surface area contributed by atoms with Crippen LogP contribution < -0.4 is 11.1 Å². The quantitative estimate of drug-likeness (QED) is 0.724. The SMILES string of the molecule is Cc1cncc(NC(=O)c2c(N)n[nH]c2C)c1. The van der Waals surface area contributed by atoms with Crippen LogP contribution in [0.1, 0.15) is 21.6 Å². The van der Waals surface area contributed by atoms with E-state index in [1.54, 1.807) is 19.3 Å². The molecule has 0 bridgehead atoms. The second kappa shape index (κ2) is 4.25. The molecule has 0 aliphatic carbocycles. The van der Waals surface area contributed by atoms with Crippen molar-refractivity contribution in [1.82, 2.24) is 15.2 Å². The molecule has 0 saturated heterocycles. The topological polar surface area (TPSA) is 96.7 Å². The summed E-state index contributed by atoms with van der Waals surface area (Å²) in [7, 11) is 0. The highest BCUT2D eigenvalue weighted by atomic mass is 16.1. The summed E-state index contributed by atoms with van der Waals surface area (Å²) in [5.41, 5.74) is 8.22. The molecule has 0 atom stereocenters. The fourth-order valence-electron chi connectivity index (χ4n) is 1.55. The molecule has 6 heteroatoms. The third-order valence-corrected chi connectivity index (χ3v) is 2.34. The van der Waals surface area contributed by atoms with Crippen molar-refractivity contribution in [3.05, 3.63) is 35.3 Å². The van der Waals surface area contributed by atoms with Gasteiger partial charge in [-0.3, -0.25) is 14.9 Å². The highest BCUT2D eigenvalue weighted by molar-refractivity contribution is 6.07. The Balaban J connectivity index is 2.23. The Kier molecular flexibility index (Phi) is 2.78. The number of nitrogens with zero attached hydrogens (tertiary/aromatic N) is 2. The minimum absolute atomic E-state index is 0.195. The lowest BCUT2D eigenvalue weighted by molar-refractivity contribution is 0.102. The molecular formula is C11H13N5O. The van der Waals surface area contributed by atoms with Gasteiger partial charge in [-0.1, -0.05) is 0 Å². The van der Waals surface area contributed by atoms with Crippen LogP contribution >= 0.6 is 0 Å². The number of nitrogen functional groups attached to an aromatic ring is 1. The number of amides is 1. The lowest BCUT2D eigenvalue weighted by atomic mass is 10.2. The Morgan fingerprint density at radius 1 is 1.41 bits per heavy atom. The number of carbonyl (C=O) groups is 1. The van der Waals surface area contributed by atoms with E-state index in [4.69, 9.17) is 5.73 Å². The van der Waals surface area contributed by atoms with E-state index in [0.717, 1.165) is 5.56 Å². The van der Waals surface area contributed by atoms with Crippen LogP contribution in [-0.2, 0) is 0 Å². The molecule has 2 heterocycles. The zero-order valence-corrected chi connectivity index (χ0v) is 9.61. The van der Waals surface area contributed by atoms with Gasteiger partial charge in [-0.05, 0) is 25.5 Å². The molecule has 6 nitrogen and oxygen atoms in total. The minimum atomic E-state index is -0.291. The first-order valence-electron chi connectivity index (χ1n) is 5.11. The number of anilines is 2. The molecule has 2 rings (SSSR count). The van der Waals surface area contributed by atoms with Crippen molar-refractivity contribution in [3.63, 3.8) is 0 Å². The number of aryl methyl sites for hydroxylation is 2. The molecule has 17 heavy (non-hydrogen) atoms. The maximum absolute atomic E-state index is 11.9. The molecule has 1 amide bonds. The van der Waals surface area contributed by atoms with Gasteiger partial charge in [0.1, 0.15) is 5.56 Å². The van der Waals surface area contributed by atoms with E-state index in [9.17, 15) is 4.79 Å². The van der Waals surface area contributed by atoms with Gasteiger partial charge < -0.3 is 11.1 Å². The van der Waals surface area contributed by atoms with Crippen LogP contribution in [0, 0.1) is 13.8 Å². The monoisotopic (exact) mass is 231 g/mol. The number of hydrogen-bond acceptors (Lipinski definition) is 4. The van der Waals surface area contributed by atoms with Crippen LogP contribution in [0.4, 0.5) is 11.5 Å². The molecule has 0 unspecified atom stereocenters. The molecule has 0 radical (unpaired) electrons. The fourth-order valence-corrected chi connectivity index (χ4v) is 1.55. The third-order valence-electron chi connectivity index (χ3n) is 2.34. The van der Waals surface area contributed by atoms with Crippen molar-refractivity contribution in [3.8, 4) is 0 Å². The van der Waals surface area contributed by atoms with Gasteiger partial charge in [0, 0.05) is 11.9 Å². The fraction of sp³-hybridized carbons (Fsp3) is 0.182. The summed E-state index contributed by atoms with van der Waals surface area (Å²) in [6.45, 7) is 3.65. The summed E-state index contributed by atoms with van der Waals surface area (Å²) >= 11 is 0. The largest absolute Gasteiger partial charge is 0.382 e. The van der Waals surface area contributed by atoms with E-state index in [-0.39, 0.29) is 11.7 Å². The van der Waals surface area contributed by atoms with Crippen LogP contribution in [0.3, 0.4) is 0 Å². The van der Waals surface area contributed by atoms with Crippen molar-refractivity contribution >= 4 is 17.4 Å². The van der Waals surface area contributed by atoms with Gasteiger partial charge in [0.2, 0.25) is 0 Å². The van der Waals surface area contributed by atoms with Gasteiger partial charge in [0.05, 0.1) is 11.9 Å². The molecular weight excluding hydrogens is 218 g/mol. The smallest absolute Gasteiger partial charge is 0.261 e. The Hall–Kier alpha value is -2.37. The zero-order valence-electron chi connectivity index (χ0n) is 9.61. The lowest BCUT2D eigenvalue weighted by Gasteiger charge is -2.05. The van der Waals surface area contributed by atoms with E-state index in [0.29, 0.717) is 16.9 Å². The van der Waals surface area contributed by atoms with Crippen LogP contribution in [0.5, 0.6) is 0 Å². The number of rotatable bonds is 2. The predicted molar refractivity (Wildman–Crippen MR) is 64.7 cm³/mol. The molecule has 4 N–H and O–H groups in total. The van der Waals surface area contributed by atoms with Crippen molar-refractivity contribution in [1.29, 1.82) is 0 Å². The van der Waals surface area contributed by atoms with Gasteiger partial charge >= 0.3 is 0 Å². The Bertz CT molecular complexity index is 541. The number of H-pyrrole nitrogens is 1. The van der Waals surface area contributed by atoms with Crippen LogP contribution in [0.15, 0.2) is 18.5 Å². The maximum atomic E-state index is 11.9. The van der Waals surface area contributed by atoms with Gasteiger partial charge in [0.15, 0.2) is 5.82 Å². The molecule has 88 valence electrons. The minimum Gasteiger partial charge on any atom is -0.382 e. The first kappa shape index (κ1) is 11.1. The lowest BCUT2D eigenvalue weighted by Crippen LogP contribution is -2.14. The van der Waals surface area contributed by atoms with E-state index < -0.39 is 0 Å². The predicted octanol–water partition coefficient (Wildman–Crippen LogP) is 1.26. The average Bonchev–Trinajstić information content (AvgIpc) is 2.58. The molecule has 0 aromatic carbocycles. The number of nitrogens with one attached hydrogen (secondary N) is 2. The van der Waals surface area contributed by atoms with Crippen molar-refractivity contribution < 1.29 is 4.79 Å². The summed E-state index contributed by atoms with van der Waals surface area (Å²) in [4.78, 5) is 15.9. The molecule has 0 fully saturated rings. The number of nitrogens with two attached hydrogens (primary N) is 1. The van der Waals surface area contributed by atoms with E-state index in [1.165, 1.54) is 0 Å². The van der Waals surface area contributed by atoms with Gasteiger partial charge in [-0.15, -0.1) is 0 Å². The van der Waals surface area contributed by atoms with E-state index in [2.05, 4.69) is 20.5 Å². The van der Waals surface area contributed by atoms with Crippen molar-refractivity contribution in [2.45, 2.75) is 13.8 Å². The number of aromatic amines is 1. The van der Waals surface area contributed by atoms with Crippen molar-refractivity contribution in [2.24, 2.45) is 0 Å². The normalized spacial score (nSPS) is 10.2. The molecule has 0 aliphatic heterocycles. The Morgan fingerprint density at radius 2 is 2.18 bits per heavy atom. The van der Waals surface area contributed by atoms with Crippen LogP contribution in [0.25, 0.3) is 0 Å². The zero-order chi connectivity index (χ0) is 12.4. The van der Waals surface area contributed by atoms with Crippen LogP contribution in [-0.4, -0.2) is 21.1 Å². The van der Waals surface area contributed by atoms with E-state index in [1.807, 2.05) is 13.0 Å². The summed E-state index contributed by atoms with van der Waals surface area (Å²) < 4.78 is 0. The molecule has 0 saturated carbocycles. The first-order valence-corrected chi connectivity index (χ1v) is 5.11. The number of carbonyl (C=O) groups excluding carboxylic acids is 1. The second-order valence-electron chi connectivity index (χ2n) is 3.81. The van der Waals surface area contributed by atoms with Crippen LogP contribution in [0.2, 0.25) is 0 Å². The summed E-state index contributed by atoms with van der Waals surface area (Å²) in [5, 5.41) is 9.16. The number of hydrogen-bond donors (Lipinski definition) is 3. The summed E-state index contributed by atoms with van der Waals surface area (Å²) in [6, 6.07) is 1.83. The summed E-state index contributed by atoms with van der Waals surface area (Å²) in [6.07, 6.45) is 3.30. The highest BCUT2D eigenvalue weighted by Crippen LogP contribution is 2.15. The maximum Gasteiger partial charge on any atom is 0.261 e. The highest BCUT2D eigenvalue weighted by Gasteiger charge is 2.16. The Morgan fingerprint density at radius 3 is 2.76 bits per heavy atom. The molecule has 2 aromatic rings. The van der Waals surface area contributed by atoms with Gasteiger partial charge in [0.25, 0.3) is 5.91 Å². The van der Waals surface area contributed by atoms with E-state index >= 15 is 0 Å². The standard InChI is InChI=1S/C11H13N5O/c1-6-3-8(5-13-4-6)14-11(17)9-7(2)15-16-10(9)12/h3-5H,1-2H3,(H,14,17)(H3,12,15,16). The van der Waals surface area contributed by atoms with Gasteiger partial charge in [-0.25, -0.2) is 0 Å². The third kappa shape index (κ3) is 2.25. The van der Waals surface area contributed by atoms with Crippen molar-refractivity contribution in [2.75, 3.05) is 11.1 Å². The average molecular weight is 231 g/mol. The molecule has 2 aromatic heterocycles. The Labute approximate surface area is 98.3 Å². The number of aromatic nitrogens is 3. The summed E-state index contributed by atoms with van der Waals surface area (Å²) in [5.74, 6) is -0.0956. The number of pyridine rings is 1. The molecule has 0 aliphatic rings.